The third-order valence-electron chi connectivity index (χ3n) is 5.01. The summed E-state index contributed by atoms with van der Waals surface area (Å²) in [6.07, 6.45) is 3.39. The Bertz CT molecular complexity index is 675. The van der Waals surface area contributed by atoms with E-state index in [0.717, 1.165) is 12.0 Å². The van der Waals surface area contributed by atoms with Gasteiger partial charge in [0.15, 0.2) is 0 Å². The van der Waals surface area contributed by atoms with Crippen LogP contribution in [0.25, 0.3) is 0 Å². The Morgan fingerprint density at radius 3 is 2.20 bits per heavy atom. The van der Waals surface area contributed by atoms with Gasteiger partial charge >= 0.3 is 0 Å². The Hall–Kier alpha value is -1.40. The fourth-order valence-electron chi connectivity index (χ4n) is 3.32. The fourth-order valence-corrected chi connectivity index (χ4v) is 4.19. The summed E-state index contributed by atoms with van der Waals surface area (Å²) in [6.45, 7) is 7.18. The number of carbonyl (C=O) groups excluding carboxylic acids is 1. The van der Waals surface area contributed by atoms with Gasteiger partial charge in [-0.15, -0.1) is 0 Å². The lowest BCUT2D eigenvalue weighted by molar-refractivity contribution is -0.127. The van der Waals surface area contributed by atoms with Crippen LogP contribution in [0.3, 0.4) is 0 Å². The molecule has 1 aliphatic rings. The second-order valence-electron chi connectivity index (χ2n) is 7.26. The van der Waals surface area contributed by atoms with Gasteiger partial charge in [-0.2, -0.15) is 0 Å². The van der Waals surface area contributed by atoms with Crippen LogP contribution in [0.5, 0.6) is 0 Å². The third kappa shape index (κ3) is 5.28. The number of piperidine rings is 1. The molecule has 0 bridgehead atoms. The molecule has 0 spiro atoms. The van der Waals surface area contributed by atoms with Gasteiger partial charge in [0.1, 0.15) is 0 Å². The molecule has 1 unspecified atom stereocenters. The second-order valence-corrected chi connectivity index (χ2v) is 9.24. The van der Waals surface area contributed by atoms with Crippen molar-refractivity contribution in [3.63, 3.8) is 0 Å². The molecule has 140 valence electrons. The number of aryl methyl sites for hydroxylation is 1. The SMILES string of the molecule is CCc1ccc(C(NC(=O)C2CCN(S(C)(=O)=O)CC2)C(C)C)cc1. The van der Waals surface area contributed by atoms with Crippen LogP contribution in [-0.2, 0) is 21.2 Å². The van der Waals surface area contributed by atoms with E-state index in [2.05, 4.69) is 50.4 Å². The van der Waals surface area contributed by atoms with Crippen LogP contribution in [0.4, 0.5) is 0 Å². The van der Waals surface area contributed by atoms with E-state index < -0.39 is 10.0 Å². The topological polar surface area (TPSA) is 66.5 Å². The summed E-state index contributed by atoms with van der Waals surface area (Å²) in [6, 6.07) is 8.39. The highest BCUT2D eigenvalue weighted by atomic mass is 32.2. The number of sulfonamides is 1. The molecule has 5 nitrogen and oxygen atoms in total. The monoisotopic (exact) mass is 366 g/mol. The Labute approximate surface area is 151 Å². The molecule has 1 heterocycles. The highest BCUT2D eigenvalue weighted by Gasteiger charge is 2.30. The van der Waals surface area contributed by atoms with E-state index in [0.29, 0.717) is 25.9 Å². The van der Waals surface area contributed by atoms with E-state index in [9.17, 15) is 13.2 Å². The molecule has 25 heavy (non-hydrogen) atoms. The zero-order chi connectivity index (χ0) is 18.6. The van der Waals surface area contributed by atoms with Gasteiger partial charge in [-0.1, -0.05) is 45.0 Å². The maximum absolute atomic E-state index is 12.7. The van der Waals surface area contributed by atoms with Crippen LogP contribution in [0.15, 0.2) is 24.3 Å². The number of hydrogen-bond donors (Lipinski definition) is 1. The molecule has 1 saturated heterocycles. The number of carbonyl (C=O) groups is 1. The minimum Gasteiger partial charge on any atom is -0.349 e. The smallest absolute Gasteiger partial charge is 0.223 e. The van der Waals surface area contributed by atoms with Gasteiger partial charge < -0.3 is 5.32 Å². The quantitative estimate of drug-likeness (QED) is 0.842. The molecule has 1 aromatic rings. The van der Waals surface area contributed by atoms with Gasteiger partial charge in [0.25, 0.3) is 0 Å². The molecule has 1 aromatic carbocycles. The molecule has 0 aromatic heterocycles. The van der Waals surface area contributed by atoms with Crippen molar-refractivity contribution in [2.24, 2.45) is 11.8 Å². The molecule has 2 rings (SSSR count). The molecule has 0 saturated carbocycles. The van der Waals surface area contributed by atoms with E-state index >= 15 is 0 Å². The molecule has 1 fully saturated rings. The van der Waals surface area contributed by atoms with Crippen LogP contribution < -0.4 is 5.32 Å². The van der Waals surface area contributed by atoms with E-state index in [4.69, 9.17) is 0 Å². The van der Waals surface area contributed by atoms with Crippen molar-refractivity contribution in [3.8, 4) is 0 Å². The molecule has 1 aliphatic heterocycles. The van der Waals surface area contributed by atoms with E-state index in [1.165, 1.54) is 16.1 Å². The maximum Gasteiger partial charge on any atom is 0.223 e. The lowest BCUT2D eigenvalue weighted by Gasteiger charge is -2.31. The first kappa shape index (κ1) is 19.9. The molecular weight excluding hydrogens is 336 g/mol. The van der Waals surface area contributed by atoms with Crippen LogP contribution in [0.1, 0.15) is 50.8 Å². The predicted molar refractivity (Wildman–Crippen MR) is 101 cm³/mol. The highest BCUT2D eigenvalue weighted by Crippen LogP contribution is 2.25. The van der Waals surface area contributed by atoms with E-state index in [1.54, 1.807) is 0 Å². The first-order chi connectivity index (χ1) is 11.7. The zero-order valence-electron chi connectivity index (χ0n) is 15.7. The summed E-state index contributed by atoms with van der Waals surface area (Å²) in [5.41, 5.74) is 2.40. The first-order valence-electron chi connectivity index (χ1n) is 9.06. The fraction of sp³-hybridized carbons (Fsp3) is 0.632. The van der Waals surface area contributed by atoms with Gasteiger partial charge in [-0.25, -0.2) is 12.7 Å². The highest BCUT2D eigenvalue weighted by molar-refractivity contribution is 7.88. The molecule has 0 radical (unpaired) electrons. The summed E-state index contributed by atoms with van der Waals surface area (Å²) in [4.78, 5) is 12.7. The summed E-state index contributed by atoms with van der Waals surface area (Å²) >= 11 is 0. The average Bonchev–Trinajstić information content (AvgIpc) is 2.58. The first-order valence-corrected chi connectivity index (χ1v) is 10.9. The Morgan fingerprint density at radius 1 is 1.20 bits per heavy atom. The average molecular weight is 367 g/mol. The van der Waals surface area contributed by atoms with Crippen molar-refractivity contribution in [3.05, 3.63) is 35.4 Å². The number of benzene rings is 1. The van der Waals surface area contributed by atoms with Gasteiger partial charge in [-0.05, 0) is 36.3 Å². The van der Waals surface area contributed by atoms with Crippen molar-refractivity contribution in [1.29, 1.82) is 0 Å². The maximum atomic E-state index is 12.7. The summed E-state index contributed by atoms with van der Waals surface area (Å²) in [5, 5.41) is 3.19. The summed E-state index contributed by atoms with van der Waals surface area (Å²) in [5.74, 6) is 0.202. The molecule has 1 amide bonds. The third-order valence-corrected chi connectivity index (χ3v) is 6.31. The zero-order valence-corrected chi connectivity index (χ0v) is 16.5. The molecular formula is C19H30N2O3S. The van der Waals surface area contributed by atoms with Crippen LogP contribution >= 0.6 is 0 Å². The number of hydrogen-bond acceptors (Lipinski definition) is 3. The van der Waals surface area contributed by atoms with Crippen LogP contribution in [0, 0.1) is 11.8 Å². The minimum atomic E-state index is -3.16. The Balaban J connectivity index is 2.01. The normalized spacial score (nSPS) is 18.3. The number of nitrogens with zero attached hydrogens (tertiary/aromatic N) is 1. The standard InChI is InChI=1S/C19H30N2O3S/c1-5-15-6-8-16(9-7-15)18(14(2)3)20-19(22)17-10-12-21(13-11-17)25(4,23)24/h6-9,14,17-18H,5,10-13H2,1-4H3,(H,20,22). The minimum absolute atomic E-state index is 0.0219. The van der Waals surface area contributed by atoms with Crippen molar-refractivity contribution in [2.45, 2.75) is 46.1 Å². The predicted octanol–water partition coefficient (Wildman–Crippen LogP) is 2.73. The summed E-state index contributed by atoms with van der Waals surface area (Å²) in [7, 11) is -3.16. The summed E-state index contributed by atoms with van der Waals surface area (Å²) < 4.78 is 24.6. The lowest BCUT2D eigenvalue weighted by atomic mass is 9.92. The van der Waals surface area contributed by atoms with E-state index in [1.807, 2.05) is 0 Å². The van der Waals surface area contributed by atoms with Gasteiger partial charge in [0.05, 0.1) is 12.3 Å². The lowest BCUT2D eigenvalue weighted by Crippen LogP contribution is -2.44. The van der Waals surface area contributed by atoms with Crippen molar-refractivity contribution in [1.82, 2.24) is 9.62 Å². The van der Waals surface area contributed by atoms with Crippen molar-refractivity contribution in [2.75, 3.05) is 19.3 Å². The van der Waals surface area contributed by atoms with E-state index in [-0.39, 0.29) is 23.8 Å². The van der Waals surface area contributed by atoms with Crippen LogP contribution in [0.2, 0.25) is 0 Å². The van der Waals surface area contributed by atoms with Gasteiger partial charge in [0, 0.05) is 19.0 Å². The number of rotatable bonds is 6. The number of nitrogens with one attached hydrogen (secondary N) is 1. The second kappa shape index (κ2) is 8.32. The Morgan fingerprint density at radius 2 is 1.76 bits per heavy atom. The molecule has 1 atom stereocenters. The largest absolute Gasteiger partial charge is 0.349 e. The molecule has 1 N–H and O–H groups in total. The molecule has 6 heteroatoms. The number of amides is 1. The molecule has 0 aliphatic carbocycles. The van der Waals surface area contributed by atoms with Gasteiger partial charge in [-0.3, -0.25) is 4.79 Å². The van der Waals surface area contributed by atoms with Gasteiger partial charge in [0.2, 0.25) is 15.9 Å². The Kier molecular flexibility index (Phi) is 6.63. The van der Waals surface area contributed by atoms with Crippen molar-refractivity contribution < 1.29 is 13.2 Å². The van der Waals surface area contributed by atoms with Crippen molar-refractivity contribution >= 4 is 15.9 Å². The van der Waals surface area contributed by atoms with Crippen LogP contribution in [-0.4, -0.2) is 38.0 Å².